The highest BCUT2D eigenvalue weighted by Crippen LogP contribution is 2.34. The molecule has 31 heavy (non-hydrogen) atoms. The van der Waals surface area contributed by atoms with Crippen molar-refractivity contribution in [2.45, 2.75) is 0 Å². The lowest BCUT2D eigenvalue weighted by molar-refractivity contribution is 0.570. The van der Waals surface area contributed by atoms with E-state index in [1.165, 1.54) is 0 Å². The zero-order valence-electron chi connectivity index (χ0n) is 16.6. The molecule has 0 atom stereocenters. The minimum atomic E-state index is -0.372. The van der Waals surface area contributed by atoms with Crippen LogP contribution in [-0.4, -0.2) is 4.98 Å². The molecule has 6 aromatic rings. The largest absolute Gasteiger partial charge is 0.422 e. The van der Waals surface area contributed by atoms with E-state index in [4.69, 9.17) is 9.40 Å². The molecule has 0 N–H and O–H groups in total. The first-order valence-electron chi connectivity index (χ1n) is 10.2. The van der Waals surface area contributed by atoms with Gasteiger partial charge in [0.25, 0.3) is 0 Å². The minimum absolute atomic E-state index is 0.372. The van der Waals surface area contributed by atoms with Gasteiger partial charge in [-0.2, -0.15) is 0 Å². The Morgan fingerprint density at radius 3 is 1.97 bits per heavy atom. The van der Waals surface area contributed by atoms with Crippen molar-refractivity contribution in [3.05, 3.63) is 114 Å². The van der Waals surface area contributed by atoms with E-state index in [1.807, 2.05) is 91.0 Å². The number of pyridine rings is 1. The van der Waals surface area contributed by atoms with Crippen LogP contribution in [0.5, 0.6) is 0 Å². The third-order valence-corrected chi connectivity index (χ3v) is 5.68. The lowest BCUT2D eigenvalue weighted by Gasteiger charge is -2.12. The van der Waals surface area contributed by atoms with Crippen LogP contribution >= 0.6 is 0 Å². The van der Waals surface area contributed by atoms with E-state index in [9.17, 15) is 4.79 Å². The van der Waals surface area contributed by atoms with Crippen LogP contribution in [0, 0.1) is 0 Å². The van der Waals surface area contributed by atoms with Gasteiger partial charge < -0.3 is 4.42 Å². The molecule has 0 saturated heterocycles. The Hall–Kier alpha value is -4.24. The Bertz CT molecular complexity index is 1640. The average Bonchev–Trinajstić information content (AvgIpc) is 2.83. The Morgan fingerprint density at radius 2 is 1.26 bits per heavy atom. The van der Waals surface area contributed by atoms with Crippen LogP contribution < -0.4 is 5.63 Å². The highest BCUT2D eigenvalue weighted by Gasteiger charge is 2.17. The van der Waals surface area contributed by atoms with Gasteiger partial charge >= 0.3 is 5.63 Å². The first kappa shape index (κ1) is 17.6. The summed E-state index contributed by atoms with van der Waals surface area (Å²) in [6, 6.07) is 34.0. The molecule has 4 aromatic carbocycles. The zero-order valence-corrected chi connectivity index (χ0v) is 16.6. The molecule has 3 heteroatoms. The Labute approximate surface area is 178 Å². The molecule has 0 unspecified atom stereocenters. The van der Waals surface area contributed by atoms with Crippen LogP contribution in [0.4, 0.5) is 0 Å². The van der Waals surface area contributed by atoms with Crippen molar-refractivity contribution < 1.29 is 4.42 Å². The van der Waals surface area contributed by atoms with Crippen LogP contribution in [0.2, 0.25) is 0 Å². The maximum absolute atomic E-state index is 13.2. The SMILES string of the molecule is O=c1oc2cc3ccccc3cc2c2nc(-c3ccccc3)cc(-c3ccccc3)c12. The maximum Gasteiger partial charge on any atom is 0.346 e. The molecule has 0 spiro atoms. The lowest BCUT2D eigenvalue weighted by atomic mass is 9.97. The van der Waals surface area contributed by atoms with Crippen LogP contribution in [0.3, 0.4) is 0 Å². The summed E-state index contributed by atoms with van der Waals surface area (Å²) in [5.74, 6) is 0. The first-order valence-corrected chi connectivity index (χ1v) is 10.2. The molecule has 6 rings (SSSR count). The molecule has 0 bridgehead atoms. The van der Waals surface area contributed by atoms with Gasteiger partial charge in [0, 0.05) is 16.5 Å². The monoisotopic (exact) mass is 399 g/mol. The van der Waals surface area contributed by atoms with Crippen molar-refractivity contribution in [3.63, 3.8) is 0 Å². The Kier molecular flexibility index (Phi) is 3.93. The fourth-order valence-corrected chi connectivity index (χ4v) is 4.19. The maximum atomic E-state index is 13.2. The molecule has 2 heterocycles. The molecule has 0 aliphatic carbocycles. The van der Waals surface area contributed by atoms with Crippen molar-refractivity contribution in [1.82, 2.24) is 4.98 Å². The summed E-state index contributed by atoms with van der Waals surface area (Å²) in [6.45, 7) is 0. The second-order valence-corrected chi connectivity index (χ2v) is 7.60. The quantitative estimate of drug-likeness (QED) is 0.182. The second-order valence-electron chi connectivity index (χ2n) is 7.60. The van der Waals surface area contributed by atoms with E-state index >= 15 is 0 Å². The topological polar surface area (TPSA) is 43.1 Å². The van der Waals surface area contributed by atoms with Gasteiger partial charge in [-0.25, -0.2) is 9.78 Å². The highest BCUT2D eigenvalue weighted by atomic mass is 16.4. The number of hydrogen-bond donors (Lipinski definition) is 0. The van der Waals surface area contributed by atoms with Gasteiger partial charge in [0.1, 0.15) is 5.58 Å². The number of benzene rings is 4. The van der Waals surface area contributed by atoms with Crippen molar-refractivity contribution in [1.29, 1.82) is 0 Å². The average molecular weight is 399 g/mol. The summed E-state index contributed by atoms with van der Waals surface area (Å²) in [4.78, 5) is 18.1. The van der Waals surface area contributed by atoms with E-state index in [0.29, 0.717) is 16.5 Å². The Morgan fingerprint density at radius 1 is 0.645 bits per heavy atom. The normalized spacial score (nSPS) is 11.4. The van der Waals surface area contributed by atoms with E-state index in [0.717, 1.165) is 38.5 Å². The van der Waals surface area contributed by atoms with Gasteiger partial charge in [-0.05, 0) is 34.5 Å². The van der Waals surface area contributed by atoms with Crippen molar-refractivity contribution in [2.75, 3.05) is 0 Å². The molecule has 2 aromatic heterocycles. The van der Waals surface area contributed by atoms with Gasteiger partial charge in [0.15, 0.2) is 0 Å². The predicted octanol–water partition coefficient (Wildman–Crippen LogP) is 6.83. The lowest BCUT2D eigenvalue weighted by Crippen LogP contribution is -2.04. The van der Waals surface area contributed by atoms with E-state index in [2.05, 4.69) is 12.1 Å². The molecule has 146 valence electrons. The third kappa shape index (κ3) is 2.90. The van der Waals surface area contributed by atoms with Gasteiger partial charge in [-0.3, -0.25) is 0 Å². The van der Waals surface area contributed by atoms with E-state index < -0.39 is 0 Å². The summed E-state index contributed by atoms with van der Waals surface area (Å²) < 4.78 is 5.80. The fraction of sp³-hybridized carbons (Fsp3) is 0. The number of aromatic nitrogens is 1. The standard InChI is InChI=1S/C28H17NO2/c30-28-26-22(18-9-3-1-4-10-18)17-24(19-11-5-2-6-12-19)29-27(26)23-15-20-13-7-8-14-21(20)16-25(23)31-28/h1-17H. The molecular formula is C28H17NO2. The van der Waals surface area contributed by atoms with E-state index in [1.54, 1.807) is 0 Å². The highest BCUT2D eigenvalue weighted by molar-refractivity contribution is 6.11. The van der Waals surface area contributed by atoms with E-state index in [-0.39, 0.29) is 5.63 Å². The molecule has 0 fully saturated rings. The zero-order chi connectivity index (χ0) is 20.8. The molecular weight excluding hydrogens is 382 g/mol. The molecule has 0 radical (unpaired) electrons. The molecule has 0 saturated carbocycles. The summed E-state index contributed by atoms with van der Waals surface area (Å²) in [6.07, 6.45) is 0. The smallest absolute Gasteiger partial charge is 0.346 e. The number of rotatable bonds is 2. The molecule has 0 amide bonds. The van der Waals surface area contributed by atoms with Crippen LogP contribution in [0.1, 0.15) is 0 Å². The van der Waals surface area contributed by atoms with Crippen molar-refractivity contribution >= 4 is 32.6 Å². The third-order valence-electron chi connectivity index (χ3n) is 5.68. The van der Waals surface area contributed by atoms with Gasteiger partial charge in [0.05, 0.1) is 16.6 Å². The van der Waals surface area contributed by atoms with Crippen molar-refractivity contribution in [3.8, 4) is 22.4 Å². The van der Waals surface area contributed by atoms with Crippen LogP contribution in [0.15, 0.2) is 112 Å². The number of hydrogen-bond acceptors (Lipinski definition) is 3. The predicted molar refractivity (Wildman–Crippen MR) is 126 cm³/mol. The van der Waals surface area contributed by atoms with Gasteiger partial charge in [0.2, 0.25) is 0 Å². The first-order chi connectivity index (χ1) is 15.3. The second kappa shape index (κ2) is 6.92. The van der Waals surface area contributed by atoms with Gasteiger partial charge in [-0.15, -0.1) is 0 Å². The minimum Gasteiger partial charge on any atom is -0.422 e. The number of fused-ring (bicyclic) bond motifs is 4. The Balaban J connectivity index is 1.81. The molecule has 0 aliphatic heterocycles. The summed E-state index contributed by atoms with van der Waals surface area (Å²) in [5.41, 5.74) is 4.46. The van der Waals surface area contributed by atoms with Crippen molar-refractivity contribution in [2.24, 2.45) is 0 Å². The molecule has 3 nitrogen and oxygen atoms in total. The van der Waals surface area contributed by atoms with Gasteiger partial charge in [-0.1, -0.05) is 84.9 Å². The number of nitrogens with zero attached hydrogens (tertiary/aromatic N) is 1. The summed E-state index contributed by atoms with van der Waals surface area (Å²) >= 11 is 0. The van der Waals surface area contributed by atoms with Crippen LogP contribution in [-0.2, 0) is 0 Å². The molecule has 0 aliphatic rings. The summed E-state index contributed by atoms with van der Waals surface area (Å²) in [7, 11) is 0. The summed E-state index contributed by atoms with van der Waals surface area (Å²) in [5, 5.41) is 3.45. The fourth-order valence-electron chi connectivity index (χ4n) is 4.19. The van der Waals surface area contributed by atoms with Crippen LogP contribution in [0.25, 0.3) is 55.0 Å².